The fourth-order valence-corrected chi connectivity index (χ4v) is 3.24. The van der Waals surface area contributed by atoms with Crippen molar-refractivity contribution >= 4 is 27.4 Å². The Balaban J connectivity index is 2.26. The molecule has 1 aliphatic heterocycles. The summed E-state index contributed by atoms with van der Waals surface area (Å²) in [6, 6.07) is 5.91. The van der Waals surface area contributed by atoms with E-state index < -0.39 is 0 Å². The number of ketones is 1. The summed E-state index contributed by atoms with van der Waals surface area (Å²) in [7, 11) is 0. The zero-order chi connectivity index (χ0) is 13.3. The normalized spacial score (nSPS) is 18.8. The zero-order valence-electron chi connectivity index (χ0n) is 11.3. The van der Waals surface area contributed by atoms with Gasteiger partial charge in [0.2, 0.25) is 0 Å². The molecule has 1 aromatic rings. The lowest BCUT2D eigenvalue weighted by atomic mass is 9.84. The Morgan fingerprint density at radius 2 is 2.11 bits per heavy atom. The maximum Gasteiger partial charge on any atom is 0.159 e. The lowest BCUT2D eigenvalue weighted by Gasteiger charge is -2.39. The summed E-state index contributed by atoms with van der Waals surface area (Å²) in [6.07, 6.45) is 2.51. The van der Waals surface area contributed by atoms with E-state index in [2.05, 4.69) is 40.7 Å². The monoisotopic (exact) mass is 309 g/mol. The number of carbonyl (C=O) groups excluding carboxylic acids is 1. The fourth-order valence-electron chi connectivity index (χ4n) is 2.61. The van der Waals surface area contributed by atoms with Crippen molar-refractivity contribution in [3.05, 3.63) is 28.2 Å². The number of hydrogen-bond acceptors (Lipinski definition) is 2. The summed E-state index contributed by atoms with van der Waals surface area (Å²) < 4.78 is 1.02. The topological polar surface area (TPSA) is 20.3 Å². The van der Waals surface area contributed by atoms with Crippen LogP contribution in [0, 0.1) is 5.41 Å². The molecule has 2 rings (SSSR count). The molecule has 0 saturated carbocycles. The molecule has 98 valence electrons. The number of rotatable bonds is 2. The Bertz CT molecular complexity index is 468. The first kappa shape index (κ1) is 13.6. The van der Waals surface area contributed by atoms with E-state index in [0.29, 0.717) is 5.41 Å². The Hall–Kier alpha value is -0.830. The van der Waals surface area contributed by atoms with Crippen molar-refractivity contribution in [3.8, 4) is 0 Å². The molecule has 0 radical (unpaired) electrons. The molecule has 0 atom stereocenters. The molecular weight excluding hydrogens is 290 g/mol. The van der Waals surface area contributed by atoms with Crippen molar-refractivity contribution < 1.29 is 4.79 Å². The second-order valence-corrected chi connectivity index (χ2v) is 6.77. The van der Waals surface area contributed by atoms with Crippen molar-refractivity contribution in [2.24, 2.45) is 5.41 Å². The number of Topliss-reactive ketones (excluding diaryl/α,β-unsaturated/α-hetero) is 1. The molecule has 0 unspecified atom stereocenters. The molecule has 1 aromatic carbocycles. The Labute approximate surface area is 117 Å². The van der Waals surface area contributed by atoms with Gasteiger partial charge in [0.15, 0.2) is 5.78 Å². The second-order valence-electron chi connectivity index (χ2n) is 5.91. The maximum absolute atomic E-state index is 11.4. The molecule has 0 aliphatic carbocycles. The van der Waals surface area contributed by atoms with Gasteiger partial charge in [-0.05, 0) is 59.3 Å². The van der Waals surface area contributed by atoms with Crippen LogP contribution in [0.2, 0.25) is 0 Å². The SMILES string of the molecule is CC(=O)c1ccc(N2CCCC(C)(C)C2)c(Br)c1. The average Bonchev–Trinajstić information content (AvgIpc) is 2.27. The third kappa shape index (κ3) is 2.94. The van der Waals surface area contributed by atoms with E-state index in [1.54, 1.807) is 6.92 Å². The van der Waals surface area contributed by atoms with Gasteiger partial charge in [0.25, 0.3) is 0 Å². The van der Waals surface area contributed by atoms with E-state index >= 15 is 0 Å². The van der Waals surface area contributed by atoms with E-state index in [-0.39, 0.29) is 5.78 Å². The third-order valence-electron chi connectivity index (χ3n) is 3.60. The first-order valence-electron chi connectivity index (χ1n) is 6.44. The van der Waals surface area contributed by atoms with Gasteiger partial charge < -0.3 is 4.90 Å². The summed E-state index contributed by atoms with van der Waals surface area (Å²) >= 11 is 3.59. The highest BCUT2D eigenvalue weighted by Gasteiger charge is 2.27. The van der Waals surface area contributed by atoms with Crippen LogP contribution in [0.25, 0.3) is 0 Å². The van der Waals surface area contributed by atoms with Crippen LogP contribution in [0.5, 0.6) is 0 Å². The van der Waals surface area contributed by atoms with Crippen molar-refractivity contribution in [1.29, 1.82) is 0 Å². The number of piperidine rings is 1. The number of nitrogens with zero attached hydrogens (tertiary/aromatic N) is 1. The molecule has 1 heterocycles. The van der Waals surface area contributed by atoms with Crippen LogP contribution in [-0.4, -0.2) is 18.9 Å². The van der Waals surface area contributed by atoms with Crippen LogP contribution in [-0.2, 0) is 0 Å². The van der Waals surface area contributed by atoms with Gasteiger partial charge in [-0.3, -0.25) is 4.79 Å². The lowest BCUT2D eigenvalue weighted by molar-refractivity contribution is 0.101. The molecule has 1 fully saturated rings. The standard InChI is InChI=1S/C15H20BrNO/c1-11(18)12-5-6-14(13(16)9-12)17-8-4-7-15(2,3)10-17/h5-6,9H,4,7-8,10H2,1-3H3. The molecule has 18 heavy (non-hydrogen) atoms. The molecule has 0 bridgehead atoms. The molecular formula is C15H20BrNO. The molecule has 1 saturated heterocycles. The van der Waals surface area contributed by atoms with E-state index in [4.69, 9.17) is 0 Å². The summed E-state index contributed by atoms with van der Waals surface area (Å²) in [6.45, 7) is 8.41. The summed E-state index contributed by atoms with van der Waals surface area (Å²) in [5.74, 6) is 0.112. The third-order valence-corrected chi connectivity index (χ3v) is 4.23. The second kappa shape index (κ2) is 5.04. The van der Waals surface area contributed by atoms with Crippen LogP contribution in [0.4, 0.5) is 5.69 Å². The summed E-state index contributed by atoms with van der Waals surface area (Å²) in [5, 5.41) is 0. The molecule has 1 aliphatic rings. The van der Waals surface area contributed by atoms with Crippen molar-refractivity contribution in [2.75, 3.05) is 18.0 Å². The predicted octanol–water partition coefficient (Wildman–Crippen LogP) is 4.28. The molecule has 2 nitrogen and oxygen atoms in total. The van der Waals surface area contributed by atoms with Gasteiger partial charge in [-0.25, -0.2) is 0 Å². The minimum absolute atomic E-state index is 0.112. The zero-order valence-corrected chi connectivity index (χ0v) is 12.9. The molecule has 0 spiro atoms. The van der Waals surface area contributed by atoms with Crippen LogP contribution < -0.4 is 4.90 Å². The van der Waals surface area contributed by atoms with Gasteiger partial charge in [0, 0.05) is 23.1 Å². The highest BCUT2D eigenvalue weighted by atomic mass is 79.9. The number of hydrogen-bond donors (Lipinski definition) is 0. The largest absolute Gasteiger partial charge is 0.370 e. The Morgan fingerprint density at radius 3 is 2.67 bits per heavy atom. The average molecular weight is 310 g/mol. The molecule has 0 aromatic heterocycles. The Kier molecular flexibility index (Phi) is 3.81. The smallest absolute Gasteiger partial charge is 0.159 e. The molecule has 0 amide bonds. The maximum atomic E-state index is 11.4. The van der Waals surface area contributed by atoms with E-state index in [9.17, 15) is 4.79 Å². The first-order valence-corrected chi connectivity index (χ1v) is 7.24. The highest BCUT2D eigenvalue weighted by molar-refractivity contribution is 9.10. The van der Waals surface area contributed by atoms with Crippen LogP contribution in [0.3, 0.4) is 0 Å². The van der Waals surface area contributed by atoms with Crippen molar-refractivity contribution in [1.82, 2.24) is 0 Å². The van der Waals surface area contributed by atoms with Crippen LogP contribution >= 0.6 is 15.9 Å². The minimum atomic E-state index is 0.112. The Morgan fingerprint density at radius 1 is 1.39 bits per heavy atom. The summed E-state index contributed by atoms with van der Waals surface area (Å²) in [5.41, 5.74) is 2.34. The predicted molar refractivity (Wildman–Crippen MR) is 79.4 cm³/mol. The van der Waals surface area contributed by atoms with Crippen molar-refractivity contribution in [3.63, 3.8) is 0 Å². The number of benzene rings is 1. The van der Waals surface area contributed by atoms with Gasteiger partial charge in [0.05, 0.1) is 5.69 Å². The fraction of sp³-hybridized carbons (Fsp3) is 0.533. The van der Waals surface area contributed by atoms with Gasteiger partial charge in [-0.1, -0.05) is 13.8 Å². The van der Waals surface area contributed by atoms with E-state index in [0.717, 1.165) is 23.1 Å². The van der Waals surface area contributed by atoms with Crippen LogP contribution in [0.15, 0.2) is 22.7 Å². The number of anilines is 1. The molecule has 0 N–H and O–H groups in total. The first-order chi connectivity index (χ1) is 8.39. The van der Waals surface area contributed by atoms with E-state index in [1.807, 2.05) is 12.1 Å². The lowest BCUT2D eigenvalue weighted by Crippen LogP contribution is -2.40. The van der Waals surface area contributed by atoms with Gasteiger partial charge in [-0.15, -0.1) is 0 Å². The highest BCUT2D eigenvalue weighted by Crippen LogP contribution is 2.35. The van der Waals surface area contributed by atoms with Gasteiger partial charge in [0.1, 0.15) is 0 Å². The minimum Gasteiger partial charge on any atom is -0.370 e. The van der Waals surface area contributed by atoms with E-state index in [1.165, 1.54) is 18.5 Å². The van der Waals surface area contributed by atoms with Crippen molar-refractivity contribution in [2.45, 2.75) is 33.6 Å². The quantitative estimate of drug-likeness (QED) is 0.760. The number of carbonyl (C=O) groups is 1. The van der Waals surface area contributed by atoms with Crippen LogP contribution in [0.1, 0.15) is 44.0 Å². The van der Waals surface area contributed by atoms with Gasteiger partial charge >= 0.3 is 0 Å². The van der Waals surface area contributed by atoms with Gasteiger partial charge in [-0.2, -0.15) is 0 Å². The number of halogens is 1. The summed E-state index contributed by atoms with van der Waals surface area (Å²) in [4.78, 5) is 13.8. The molecule has 3 heteroatoms.